The molecule has 4 nitrogen and oxygen atoms in total. The number of rotatable bonds is 1. The Morgan fingerprint density at radius 1 is 1.00 bits per heavy atom. The van der Waals surface area contributed by atoms with Gasteiger partial charge in [0.15, 0.2) is 0 Å². The van der Waals surface area contributed by atoms with E-state index in [-0.39, 0.29) is 16.5 Å². The molecule has 0 unspecified atom stereocenters. The van der Waals surface area contributed by atoms with Gasteiger partial charge in [-0.15, -0.1) is 0 Å². The summed E-state index contributed by atoms with van der Waals surface area (Å²) in [7, 11) is 0. The lowest BCUT2D eigenvalue weighted by molar-refractivity contribution is 0.398. The number of nitrogens with zero attached hydrogens (tertiary/aromatic N) is 2. The summed E-state index contributed by atoms with van der Waals surface area (Å²) in [6.07, 6.45) is 2.87. The van der Waals surface area contributed by atoms with Crippen molar-refractivity contribution in [1.82, 2.24) is 0 Å². The van der Waals surface area contributed by atoms with Gasteiger partial charge in [0, 0.05) is 36.1 Å². The monoisotopic (exact) mass is 412 g/mol. The van der Waals surface area contributed by atoms with Crippen LogP contribution in [-0.2, 0) is 17.3 Å². The number of para-hydroxylation sites is 1. The lowest BCUT2D eigenvalue weighted by atomic mass is 9.69. The average molecular weight is 413 g/mol. The third-order valence-electron chi connectivity index (χ3n) is 7.65. The van der Waals surface area contributed by atoms with Crippen molar-refractivity contribution in [2.24, 2.45) is 4.99 Å². The highest BCUT2D eigenvalue weighted by Crippen LogP contribution is 2.51. The van der Waals surface area contributed by atoms with E-state index in [1.165, 1.54) is 16.8 Å². The van der Waals surface area contributed by atoms with Gasteiger partial charge in [-0.05, 0) is 53.0 Å². The predicted octanol–water partition coefficient (Wildman–Crippen LogP) is 5.64. The number of anilines is 1. The molecule has 0 amide bonds. The SMILES string of the molecule is CC1(C)CCN2CCC(C)(C)c3c2c1cc1cc(C2=Nc4ccccc4C2)c(=O)oc31. The minimum absolute atomic E-state index is 0.0356. The topological polar surface area (TPSA) is 45.8 Å². The molecule has 0 spiro atoms. The smallest absolute Gasteiger partial charge is 0.345 e. The molecule has 6 rings (SSSR count). The van der Waals surface area contributed by atoms with Gasteiger partial charge in [0.2, 0.25) is 0 Å². The molecule has 3 aromatic rings. The molecular formula is C27H28N2O2. The summed E-state index contributed by atoms with van der Waals surface area (Å²) >= 11 is 0. The van der Waals surface area contributed by atoms with Gasteiger partial charge in [0.1, 0.15) is 5.58 Å². The summed E-state index contributed by atoms with van der Waals surface area (Å²) < 4.78 is 6.12. The maximum absolute atomic E-state index is 13.2. The van der Waals surface area contributed by atoms with Crippen molar-refractivity contribution in [2.75, 3.05) is 18.0 Å². The van der Waals surface area contributed by atoms with Gasteiger partial charge < -0.3 is 9.32 Å². The first-order chi connectivity index (χ1) is 14.7. The summed E-state index contributed by atoms with van der Waals surface area (Å²) in [5.74, 6) is 0. The quantitative estimate of drug-likeness (QED) is 0.486. The van der Waals surface area contributed by atoms with E-state index in [4.69, 9.17) is 9.41 Å². The lowest BCUT2D eigenvalue weighted by Gasteiger charge is -2.48. The van der Waals surface area contributed by atoms with Gasteiger partial charge in [0.05, 0.1) is 17.0 Å². The van der Waals surface area contributed by atoms with E-state index in [1.54, 1.807) is 0 Å². The fraction of sp³-hybridized carbons (Fsp3) is 0.407. The molecule has 3 aliphatic rings. The van der Waals surface area contributed by atoms with E-state index in [1.807, 2.05) is 24.3 Å². The van der Waals surface area contributed by atoms with Crippen LogP contribution in [0.15, 0.2) is 50.6 Å². The van der Waals surface area contributed by atoms with Crippen molar-refractivity contribution in [1.29, 1.82) is 0 Å². The zero-order valence-corrected chi connectivity index (χ0v) is 18.7. The van der Waals surface area contributed by atoms with Crippen LogP contribution in [-0.4, -0.2) is 18.8 Å². The Bertz CT molecular complexity index is 1340. The molecule has 3 aliphatic heterocycles. The van der Waals surface area contributed by atoms with Crippen molar-refractivity contribution in [3.8, 4) is 0 Å². The van der Waals surface area contributed by atoms with Crippen LogP contribution in [0.2, 0.25) is 0 Å². The Balaban J connectivity index is 1.62. The Labute approximate surface area is 182 Å². The number of hydrogen-bond donors (Lipinski definition) is 0. The second kappa shape index (κ2) is 6.09. The molecule has 2 aromatic carbocycles. The van der Waals surface area contributed by atoms with Crippen molar-refractivity contribution in [3.05, 3.63) is 69.1 Å². The zero-order valence-electron chi connectivity index (χ0n) is 18.7. The van der Waals surface area contributed by atoms with E-state index in [2.05, 4.69) is 44.7 Å². The predicted molar refractivity (Wildman–Crippen MR) is 126 cm³/mol. The largest absolute Gasteiger partial charge is 0.422 e. The van der Waals surface area contributed by atoms with Gasteiger partial charge in [0.25, 0.3) is 0 Å². The molecule has 0 saturated heterocycles. The third kappa shape index (κ3) is 2.67. The standard InChI is InChI=1S/C27H28N2O2/c1-26(2)9-11-29-12-10-27(3,4)22-23(29)19(26)14-17-13-18(25(30)31-24(17)22)21-15-16-7-5-6-8-20(16)28-21/h5-8,13-14H,9-12,15H2,1-4H3. The second-order valence-electron chi connectivity index (χ2n) is 10.6. The van der Waals surface area contributed by atoms with Crippen LogP contribution in [0.1, 0.15) is 62.8 Å². The summed E-state index contributed by atoms with van der Waals surface area (Å²) in [5, 5.41) is 1.02. The van der Waals surface area contributed by atoms with Gasteiger partial charge in [-0.25, -0.2) is 4.79 Å². The summed E-state index contributed by atoms with van der Waals surface area (Å²) in [6.45, 7) is 11.4. The normalized spacial score (nSPS) is 20.4. The first-order valence-corrected chi connectivity index (χ1v) is 11.3. The van der Waals surface area contributed by atoms with Crippen LogP contribution in [0.25, 0.3) is 11.0 Å². The van der Waals surface area contributed by atoms with Crippen molar-refractivity contribution in [2.45, 2.75) is 57.8 Å². The molecule has 0 N–H and O–H groups in total. The number of fused-ring (bicyclic) bond motifs is 3. The number of hydrogen-bond acceptors (Lipinski definition) is 4. The average Bonchev–Trinajstić information content (AvgIpc) is 3.15. The maximum Gasteiger partial charge on any atom is 0.345 e. The first kappa shape index (κ1) is 18.9. The number of aliphatic imine (C=N–C) groups is 1. The zero-order chi connectivity index (χ0) is 21.5. The first-order valence-electron chi connectivity index (χ1n) is 11.3. The van der Waals surface area contributed by atoms with Crippen molar-refractivity contribution >= 4 is 28.1 Å². The maximum atomic E-state index is 13.2. The van der Waals surface area contributed by atoms with Gasteiger partial charge in [-0.3, -0.25) is 4.99 Å². The minimum atomic E-state index is -0.279. The Kier molecular flexibility index (Phi) is 3.70. The van der Waals surface area contributed by atoms with Crippen LogP contribution in [0.3, 0.4) is 0 Å². The molecule has 4 heteroatoms. The summed E-state index contributed by atoms with van der Waals surface area (Å²) in [4.78, 5) is 20.4. The second-order valence-corrected chi connectivity index (χ2v) is 10.6. The molecule has 0 saturated carbocycles. The molecule has 4 heterocycles. The molecule has 158 valence electrons. The van der Waals surface area contributed by atoms with E-state index < -0.39 is 0 Å². The third-order valence-corrected chi connectivity index (χ3v) is 7.65. The molecule has 0 bridgehead atoms. The van der Waals surface area contributed by atoms with Crippen LogP contribution >= 0.6 is 0 Å². The van der Waals surface area contributed by atoms with E-state index in [9.17, 15) is 4.79 Å². The highest BCUT2D eigenvalue weighted by Gasteiger charge is 2.42. The van der Waals surface area contributed by atoms with Gasteiger partial charge in [-0.2, -0.15) is 0 Å². The fourth-order valence-corrected chi connectivity index (χ4v) is 5.64. The minimum Gasteiger partial charge on any atom is -0.422 e. The van der Waals surface area contributed by atoms with Crippen LogP contribution in [0, 0.1) is 0 Å². The van der Waals surface area contributed by atoms with Crippen LogP contribution in [0.4, 0.5) is 11.4 Å². The van der Waals surface area contributed by atoms with Crippen molar-refractivity contribution < 1.29 is 4.42 Å². The fourth-order valence-electron chi connectivity index (χ4n) is 5.64. The van der Waals surface area contributed by atoms with E-state index >= 15 is 0 Å². The van der Waals surface area contributed by atoms with E-state index in [0.717, 1.165) is 53.9 Å². The lowest BCUT2D eigenvalue weighted by Crippen LogP contribution is -2.44. The van der Waals surface area contributed by atoms with Crippen molar-refractivity contribution in [3.63, 3.8) is 0 Å². The molecule has 1 aromatic heterocycles. The highest BCUT2D eigenvalue weighted by molar-refractivity contribution is 6.08. The molecule has 31 heavy (non-hydrogen) atoms. The molecular weight excluding hydrogens is 384 g/mol. The molecule has 0 fully saturated rings. The Morgan fingerprint density at radius 2 is 1.74 bits per heavy atom. The highest BCUT2D eigenvalue weighted by atomic mass is 16.4. The summed E-state index contributed by atoms with van der Waals surface area (Å²) in [5.41, 5.74) is 7.95. The molecule has 0 aliphatic carbocycles. The number of benzene rings is 2. The van der Waals surface area contributed by atoms with E-state index in [0.29, 0.717) is 12.0 Å². The molecule has 0 atom stereocenters. The van der Waals surface area contributed by atoms with Gasteiger partial charge in [-0.1, -0.05) is 45.9 Å². The Hall–Kier alpha value is -2.88. The van der Waals surface area contributed by atoms with Crippen LogP contribution in [0.5, 0.6) is 0 Å². The molecule has 0 radical (unpaired) electrons. The van der Waals surface area contributed by atoms with Gasteiger partial charge >= 0.3 is 5.63 Å². The Morgan fingerprint density at radius 3 is 2.52 bits per heavy atom. The summed E-state index contributed by atoms with van der Waals surface area (Å²) in [6, 6.07) is 12.4. The van der Waals surface area contributed by atoms with Crippen LogP contribution < -0.4 is 10.5 Å².